The van der Waals surface area contributed by atoms with E-state index >= 15 is 0 Å². The topological polar surface area (TPSA) is 65.1 Å². The first-order chi connectivity index (χ1) is 11.8. The molecule has 136 valence electrons. The molecule has 0 amide bonds. The Kier molecular flexibility index (Phi) is 5.79. The largest absolute Gasteiger partial charge is 0.497 e. The third kappa shape index (κ3) is 4.17. The molecule has 0 fully saturated rings. The minimum Gasteiger partial charge on any atom is -0.497 e. The summed E-state index contributed by atoms with van der Waals surface area (Å²) in [6, 6.07) is 11.9. The number of hydrogen-bond donors (Lipinski definition) is 0. The van der Waals surface area contributed by atoms with Crippen molar-refractivity contribution < 1.29 is 22.6 Å². The van der Waals surface area contributed by atoms with Crippen LogP contribution in [-0.4, -0.2) is 36.0 Å². The van der Waals surface area contributed by atoms with Crippen molar-refractivity contribution >= 4 is 15.7 Å². The first-order valence-electron chi connectivity index (χ1n) is 7.67. The molecule has 6 nitrogen and oxygen atoms in total. The Morgan fingerprint density at radius 3 is 2.16 bits per heavy atom. The van der Waals surface area contributed by atoms with Gasteiger partial charge in [-0.25, -0.2) is 8.42 Å². The number of sulfonamides is 1. The summed E-state index contributed by atoms with van der Waals surface area (Å²) in [4.78, 5) is 0. The summed E-state index contributed by atoms with van der Waals surface area (Å²) in [5.74, 6) is 1.67. The predicted molar refractivity (Wildman–Crippen MR) is 98.3 cm³/mol. The van der Waals surface area contributed by atoms with Crippen molar-refractivity contribution in [2.75, 3.05) is 31.9 Å². The van der Waals surface area contributed by atoms with Gasteiger partial charge in [-0.15, -0.1) is 0 Å². The lowest BCUT2D eigenvalue weighted by Gasteiger charge is -2.30. The molecule has 0 saturated heterocycles. The summed E-state index contributed by atoms with van der Waals surface area (Å²) in [5, 5.41) is 0. The normalized spacial score (nSPS) is 12.4. The summed E-state index contributed by atoms with van der Waals surface area (Å²) in [6.45, 7) is 1.83. The molecule has 0 aliphatic rings. The van der Waals surface area contributed by atoms with Gasteiger partial charge in [0.15, 0.2) is 11.5 Å². The van der Waals surface area contributed by atoms with Gasteiger partial charge in [0.05, 0.1) is 39.3 Å². The van der Waals surface area contributed by atoms with Crippen LogP contribution in [0.3, 0.4) is 0 Å². The van der Waals surface area contributed by atoms with Crippen LogP contribution < -0.4 is 18.5 Å². The number of ether oxygens (including phenoxy) is 3. The zero-order valence-electron chi connectivity index (χ0n) is 15.0. The molecule has 0 bridgehead atoms. The fourth-order valence-corrected chi connectivity index (χ4v) is 3.89. The van der Waals surface area contributed by atoms with Crippen molar-refractivity contribution in [2.45, 2.75) is 13.0 Å². The second kappa shape index (κ2) is 7.65. The Hall–Kier alpha value is -2.41. The van der Waals surface area contributed by atoms with Crippen LogP contribution in [0.4, 0.5) is 5.69 Å². The van der Waals surface area contributed by atoms with Gasteiger partial charge < -0.3 is 14.2 Å². The van der Waals surface area contributed by atoms with Crippen molar-refractivity contribution in [2.24, 2.45) is 0 Å². The van der Waals surface area contributed by atoms with Crippen molar-refractivity contribution in [1.82, 2.24) is 0 Å². The van der Waals surface area contributed by atoms with Crippen LogP contribution in [0.25, 0.3) is 0 Å². The van der Waals surface area contributed by atoms with Gasteiger partial charge in [-0.2, -0.15) is 0 Å². The van der Waals surface area contributed by atoms with E-state index in [0.29, 0.717) is 22.9 Å². The van der Waals surface area contributed by atoms with Crippen LogP contribution in [0.5, 0.6) is 17.2 Å². The van der Waals surface area contributed by atoms with Gasteiger partial charge in [-0.1, -0.05) is 12.1 Å². The minimum absolute atomic E-state index is 0.428. The summed E-state index contributed by atoms with van der Waals surface area (Å²) in [7, 11) is 1.09. The van der Waals surface area contributed by atoms with E-state index in [4.69, 9.17) is 14.2 Å². The van der Waals surface area contributed by atoms with E-state index in [0.717, 1.165) is 5.56 Å². The number of nitrogens with zero attached hydrogens (tertiary/aromatic N) is 1. The number of methoxy groups -OCH3 is 3. The molecule has 2 aromatic carbocycles. The van der Waals surface area contributed by atoms with Gasteiger partial charge >= 0.3 is 0 Å². The molecule has 0 heterocycles. The second-order valence-electron chi connectivity index (χ2n) is 5.55. The molecule has 0 aliphatic heterocycles. The van der Waals surface area contributed by atoms with Crippen LogP contribution >= 0.6 is 0 Å². The number of anilines is 1. The molecular formula is C18H23NO5S. The molecule has 0 aliphatic carbocycles. The number of rotatable bonds is 7. The molecule has 2 aromatic rings. The Morgan fingerprint density at radius 1 is 0.920 bits per heavy atom. The molecule has 0 spiro atoms. The summed E-state index contributed by atoms with van der Waals surface area (Å²) >= 11 is 0. The molecule has 25 heavy (non-hydrogen) atoms. The lowest BCUT2D eigenvalue weighted by molar-refractivity contribution is 0.355. The molecule has 7 heteroatoms. The second-order valence-corrected chi connectivity index (χ2v) is 7.41. The molecule has 1 atom stereocenters. The van der Waals surface area contributed by atoms with E-state index < -0.39 is 16.1 Å². The molecule has 0 saturated carbocycles. The fraction of sp³-hybridized carbons (Fsp3) is 0.333. The zero-order valence-corrected chi connectivity index (χ0v) is 15.8. The third-order valence-electron chi connectivity index (χ3n) is 3.91. The van der Waals surface area contributed by atoms with E-state index in [2.05, 4.69) is 0 Å². The lowest BCUT2D eigenvalue weighted by atomic mass is 10.1. The Labute approximate surface area is 149 Å². The van der Waals surface area contributed by atoms with Crippen LogP contribution in [-0.2, 0) is 10.0 Å². The van der Waals surface area contributed by atoms with E-state index in [1.54, 1.807) is 25.3 Å². The van der Waals surface area contributed by atoms with Gasteiger partial charge in [0.1, 0.15) is 5.75 Å². The smallest absolute Gasteiger partial charge is 0.232 e. The van der Waals surface area contributed by atoms with Crippen molar-refractivity contribution in [3.05, 3.63) is 48.0 Å². The average Bonchev–Trinajstić information content (AvgIpc) is 2.60. The Bertz CT molecular complexity index is 835. The molecule has 0 N–H and O–H groups in total. The fourth-order valence-electron chi connectivity index (χ4n) is 2.70. The van der Waals surface area contributed by atoms with Crippen LogP contribution in [0.2, 0.25) is 0 Å². The van der Waals surface area contributed by atoms with Crippen LogP contribution in [0, 0.1) is 0 Å². The monoisotopic (exact) mass is 365 g/mol. The van der Waals surface area contributed by atoms with E-state index in [1.165, 1.54) is 24.8 Å². The molecule has 2 rings (SSSR count). The lowest BCUT2D eigenvalue weighted by Crippen LogP contribution is -2.32. The van der Waals surface area contributed by atoms with Gasteiger partial charge in [0.25, 0.3) is 0 Å². The van der Waals surface area contributed by atoms with Gasteiger partial charge in [0, 0.05) is 6.07 Å². The van der Waals surface area contributed by atoms with Crippen LogP contribution in [0.1, 0.15) is 18.5 Å². The number of benzene rings is 2. The van der Waals surface area contributed by atoms with Gasteiger partial charge in [0.2, 0.25) is 10.0 Å². The number of hydrogen-bond acceptors (Lipinski definition) is 5. The maximum atomic E-state index is 12.5. The van der Waals surface area contributed by atoms with E-state index in [-0.39, 0.29) is 0 Å². The van der Waals surface area contributed by atoms with Crippen molar-refractivity contribution in [3.8, 4) is 17.2 Å². The highest BCUT2D eigenvalue weighted by Crippen LogP contribution is 2.36. The van der Waals surface area contributed by atoms with E-state index in [9.17, 15) is 8.42 Å². The predicted octanol–water partition coefficient (Wildman–Crippen LogP) is 3.24. The average molecular weight is 365 g/mol. The highest BCUT2D eigenvalue weighted by atomic mass is 32.2. The molecule has 0 radical (unpaired) electrons. The van der Waals surface area contributed by atoms with Gasteiger partial charge in [-0.3, -0.25) is 4.31 Å². The van der Waals surface area contributed by atoms with Crippen molar-refractivity contribution in [1.29, 1.82) is 0 Å². The zero-order chi connectivity index (χ0) is 18.6. The maximum Gasteiger partial charge on any atom is 0.232 e. The highest BCUT2D eigenvalue weighted by Gasteiger charge is 2.26. The molecular weight excluding hydrogens is 342 g/mol. The SMILES string of the molecule is COc1cccc(C(C)N(c2ccc(OC)c(OC)c2)S(C)(=O)=O)c1. The van der Waals surface area contributed by atoms with E-state index in [1.807, 2.05) is 31.2 Å². The first-order valence-corrected chi connectivity index (χ1v) is 9.52. The first kappa shape index (κ1) is 18.9. The summed E-state index contributed by atoms with van der Waals surface area (Å²) in [6.07, 6.45) is 1.18. The minimum atomic E-state index is -3.53. The third-order valence-corrected chi connectivity index (χ3v) is 5.15. The quantitative estimate of drug-likeness (QED) is 0.754. The Balaban J connectivity index is 2.53. The molecule has 0 aromatic heterocycles. The Morgan fingerprint density at radius 2 is 1.60 bits per heavy atom. The standard InChI is InChI=1S/C18H23NO5S/c1-13(14-7-6-8-16(11-14)22-2)19(25(5,20)21)15-9-10-17(23-3)18(12-15)24-4/h6-13H,1-5H3. The van der Waals surface area contributed by atoms with Crippen LogP contribution in [0.15, 0.2) is 42.5 Å². The molecule has 1 unspecified atom stereocenters. The van der Waals surface area contributed by atoms with Gasteiger partial charge in [-0.05, 0) is 36.8 Å². The highest BCUT2D eigenvalue weighted by molar-refractivity contribution is 7.92. The van der Waals surface area contributed by atoms with Crippen molar-refractivity contribution in [3.63, 3.8) is 0 Å². The summed E-state index contributed by atoms with van der Waals surface area (Å²) < 4.78 is 42.1. The summed E-state index contributed by atoms with van der Waals surface area (Å²) in [5.41, 5.74) is 1.31. The maximum absolute atomic E-state index is 12.5.